The Bertz CT molecular complexity index is 718. The maximum absolute atomic E-state index is 3.53. The van der Waals surface area contributed by atoms with Gasteiger partial charge in [-0.15, -0.1) is 11.3 Å². The van der Waals surface area contributed by atoms with Crippen LogP contribution in [0.25, 0.3) is 10.1 Å². The molecule has 3 heteroatoms. The average Bonchev–Trinajstić information content (AvgIpc) is 2.87. The molecule has 0 aliphatic carbocycles. The number of benzene rings is 2. The van der Waals surface area contributed by atoms with Gasteiger partial charge in [-0.2, -0.15) is 0 Å². The molecule has 1 heterocycles. The number of aryl methyl sites for hydroxylation is 1. The molecule has 3 rings (SSSR count). The molecule has 1 N–H and O–H groups in total. The Morgan fingerprint density at radius 3 is 2.84 bits per heavy atom. The Morgan fingerprint density at radius 1 is 1.11 bits per heavy atom. The summed E-state index contributed by atoms with van der Waals surface area (Å²) in [5.41, 5.74) is 3.74. The third-order valence-electron chi connectivity index (χ3n) is 3.17. The van der Waals surface area contributed by atoms with E-state index in [0.29, 0.717) is 0 Å². The van der Waals surface area contributed by atoms with Crippen molar-refractivity contribution >= 4 is 43.0 Å². The van der Waals surface area contributed by atoms with E-state index in [2.05, 4.69) is 76.0 Å². The summed E-state index contributed by atoms with van der Waals surface area (Å²) in [5, 5.41) is 6.92. The Morgan fingerprint density at radius 2 is 2.00 bits per heavy atom. The fraction of sp³-hybridized carbons (Fsp3) is 0.125. The maximum Gasteiger partial charge on any atom is 0.0400 e. The van der Waals surface area contributed by atoms with Crippen LogP contribution >= 0.6 is 27.3 Å². The summed E-state index contributed by atoms with van der Waals surface area (Å²) >= 11 is 5.31. The van der Waals surface area contributed by atoms with E-state index in [0.717, 1.165) is 11.0 Å². The van der Waals surface area contributed by atoms with Gasteiger partial charge in [-0.3, -0.25) is 0 Å². The lowest BCUT2D eigenvalue weighted by atomic mass is 10.1. The first-order valence-corrected chi connectivity index (χ1v) is 7.86. The van der Waals surface area contributed by atoms with E-state index in [1.807, 2.05) is 0 Å². The molecule has 0 saturated heterocycles. The molecular weight excluding hydrogens is 318 g/mol. The number of thiophene rings is 1. The van der Waals surface area contributed by atoms with Crippen LogP contribution in [-0.4, -0.2) is 0 Å². The van der Waals surface area contributed by atoms with Crippen LogP contribution in [0.5, 0.6) is 0 Å². The summed E-state index contributed by atoms with van der Waals surface area (Å²) in [5.74, 6) is 0. The van der Waals surface area contributed by atoms with Gasteiger partial charge in [-0.05, 0) is 59.1 Å². The SMILES string of the molecule is Cc1cc(CNc2ccc3sccc3c2)ccc1Br. The standard InChI is InChI=1S/C16H14BrNS/c1-11-8-12(2-4-15(11)17)10-18-14-3-5-16-13(9-14)6-7-19-16/h2-9,18H,10H2,1H3. The van der Waals surface area contributed by atoms with Crippen molar-refractivity contribution in [3.63, 3.8) is 0 Å². The molecule has 19 heavy (non-hydrogen) atoms. The first kappa shape index (κ1) is 12.7. The van der Waals surface area contributed by atoms with Crippen molar-refractivity contribution < 1.29 is 0 Å². The lowest BCUT2D eigenvalue weighted by Gasteiger charge is -2.08. The van der Waals surface area contributed by atoms with Gasteiger partial charge in [0.1, 0.15) is 0 Å². The van der Waals surface area contributed by atoms with Gasteiger partial charge in [0.15, 0.2) is 0 Å². The molecule has 0 atom stereocenters. The van der Waals surface area contributed by atoms with Crippen LogP contribution in [0, 0.1) is 6.92 Å². The molecule has 0 fully saturated rings. The van der Waals surface area contributed by atoms with Crippen LogP contribution in [0.15, 0.2) is 52.3 Å². The molecule has 0 spiro atoms. The Balaban J connectivity index is 1.75. The van der Waals surface area contributed by atoms with E-state index < -0.39 is 0 Å². The predicted molar refractivity (Wildman–Crippen MR) is 88.0 cm³/mol. The number of nitrogens with one attached hydrogen (secondary N) is 1. The Labute approximate surface area is 125 Å². The topological polar surface area (TPSA) is 12.0 Å². The molecule has 0 aliphatic heterocycles. The Kier molecular flexibility index (Phi) is 3.58. The van der Waals surface area contributed by atoms with Gasteiger partial charge < -0.3 is 5.32 Å². The summed E-state index contributed by atoms with van der Waals surface area (Å²) in [6.45, 7) is 2.97. The van der Waals surface area contributed by atoms with Crippen molar-refractivity contribution in [2.45, 2.75) is 13.5 Å². The van der Waals surface area contributed by atoms with Crippen molar-refractivity contribution in [2.75, 3.05) is 5.32 Å². The highest BCUT2D eigenvalue weighted by Crippen LogP contribution is 2.24. The highest BCUT2D eigenvalue weighted by Gasteiger charge is 2.00. The van der Waals surface area contributed by atoms with Gasteiger partial charge >= 0.3 is 0 Å². The zero-order chi connectivity index (χ0) is 13.2. The monoisotopic (exact) mass is 331 g/mol. The van der Waals surface area contributed by atoms with Gasteiger partial charge in [0.2, 0.25) is 0 Å². The molecule has 0 amide bonds. The van der Waals surface area contributed by atoms with E-state index in [1.165, 1.54) is 26.9 Å². The zero-order valence-electron chi connectivity index (χ0n) is 10.6. The highest BCUT2D eigenvalue weighted by atomic mass is 79.9. The number of hydrogen-bond acceptors (Lipinski definition) is 2. The van der Waals surface area contributed by atoms with Gasteiger partial charge in [0.25, 0.3) is 0 Å². The van der Waals surface area contributed by atoms with Crippen molar-refractivity contribution in [3.8, 4) is 0 Å². The van der Waals surface area contributed by atoms with Crippen LogP contribution in [0.3, 0.4) is 0 Å². The molecule has 1 nitrogen and oxygen atoms in total. The van der Waals surface area contributed by atoms with Gasteiger partial charge in [0, 0.05) is 21.4 Å². The van der Waals surface area contributed by atoms with Gasteiger partial charge in [-0.25, -0.2) is 0 Å². The third-order valence-corrected chi connectivity index (χ3v) is 4.96. The lowest BCUT2D eigenvalue weighted by molar-refractivity contribution is 1.14. The van der Waals surface area contributed by atoms with E-state index in [9.17, 15) is 0 Å². The molecule has 0 bridgehead atoms. The smallest absolute Gasteiger partial charge is 0.0400 e. The summed E-state index contributed by atoms with van der Waals surface area (Å²) in [6, 6.07) is 15.1. The van der Waals surface area contributed by atoms with Crippen LogP contribution in [0.2, 0.25) is 0 Å². The molecule has 3 aromatic rings. The molecule has 96 valence electrons. The fourth-order valence-corrected chi connectivity index (χ4v) is 3.12. The van der Waals surface area contributed by atoms with Crippen LogP contribution in [0.4, 0.5) is 5.69 Å². The summed E-state index contributed by atoms with van der Waals surface area (Å²) in [4.78, 5) is 0. The molecule has 0 unspecified atom stereocenters. The van der Waals surface area contributed by atoms with Gasteiger partial charge in [0.05, 0.1) is 0 Å². The van der Waals surface area contributed by atoms with Crippen molar-refractivity contribution in [3.05, 3.63) is 63.4 Å². The molecule has 1 aromatic heterocycles. The Hall–Kier alpha value is -1.32. The first-order chi connectivity index (χ1) is 9.22. The van der Waals surface area contributed by atoms with Crippen molar-refractivity contribution in [2.24, 2.45) is 0 Å². The average molecular weight is 332 g/mol. The number of hydrogen-bond donors (Lipinski definition) is 1. The molecule has 2 aromatic carbocycles. The van der Waals surface area contributed by atoms with E-state index in [-0.39, 0.29) is 0 Å². The minimum Gasteiger partial charge on any atom is -0.381 e. The minimum atomic E-state index is 0.851. The molecule has 0 aliphatic rings. The number of halogens is 1. The zero-order valence-corrected chi connectivity index (χ0v) is 13.0. The summed E-state index contributed by atoms with van der Waals surface area (Å²) < 4.78 is 2.50. The molecule has 0 radical (unpaired) electrons. The van der Waals surface area contributed by atoms with E-state index in [1.54, 1.807) is 11.3 Å². The summed E-state index contributed by atoms with van der Waals surface area (Å²) in [7, 11) is 0. The van der Waals surface area contributed by atoms with Crippen LogP contribution < -0.4 is 5.32 Å². The molecule has 0 saturated carbocycles. The second kappa shape index (κ2) is 5.35. The third kappa shape index (κ3) is 2.82. The lowest BCUT2D eigenvalue weighted by Crippen LogP contribution is -1.99. The minimum absolute atomic E-state index is 0.851. The van der Waals surface area contributed by atoms with Crippen molar-refractivity contribution in [1.82, 2.24) is 0 Å². The van der Waals surface area contributed by atoms with Crippen molar-refractivity contribution in [1.29, 1.82) is 0 Å². The highest BCUT2D eigenvalue weighted by molar-refractivity contribution is 9.10. The second-order valence-corrected chi connectivity index (χ2v) is 6.41. The van der Waals surface area contributed by atoms with Gasteiger partial charge in [-0.1, -0.05) is 28.1 Å². The number of anilines is 1. The fourth-order valence-electron chi connectivity index (χ4n) is 2.10. The second-order valence-electron chi connectivity index (χ2n) is 4.61. The van der Waals surface area contributed by atoms with E-state index >= 15 is 0 Å². The maximum atomic E-state index is 3.53. The quantitative estimate of drug-likeness (QED) is 0.660. The summed E-state index contributed by atoms with van der Waals surface area (Å²) in [6.07, 6.45) is 0. The largest absolute Gasteiger partial charge is 0.381 e. The normalized spacial score (nSPS) is 10.8. The molecular formula is C16H14BrNS. The number of fused-ring (bicyclic) bond motifs is 1. The number of rotatable bonds is 3. The van der Waals surface area contributed by atoms with E-state index in [4.69, 9.17) is 0 Å². The van der Waals surface area contributed by atoms with Crippen LogP contribution in [0.1, 0.15) is 11.1 Å². The first-order valence-electron chi connectivity index (χ1n) is 6.18. The van der Waals surface area contributed by atoms with Crippen LogP contribution in [-0.2, 0) is 6.54 Å². The predicted octanol–water partition coefficient (Wildman–Crippen LogP) is 5.58.